The fourth-order valence-electron chi connectivity index (χ4n) is 4.34. The molecule has 0 unspecified atom stereocenters. The Kier molecular flexibility index (Phi) is 8.06. The van der Waals surface area contributed by atoms with Gasteiger partial charge in [0.25, 0.3) is 0 Å². The quantitative estimate of drug-likeness (QED) is 0.363. The molecule has 0 amide bonds. The highest BCUT2D eigenvalue weighted by atomic mass is 16.3. The van der Waals surface area contributed by atoms with Crippen LogP contribution in [0.1, 0.15) is 75.3 Å². The van der Waals surface area contributed by atoms with E-state index in [0.29, 0.717) is 12.0 Å². The van der Waals surface area contributed by atoms with E-state index in [1.165, 1.54) is 25.3 Å². The molecule has 2 aromatic carbocycles. The molecular formula is C26H34O4. The summed E-state index contributed by atoms with van der Waals surface area (Å²) in [6.07, 6.45) is 17.1. The summed E-state index contributed by atoms with van der Waals surface area (Å²) in [5, 5.41) is 41.9. The summed E-state index contributed by atoms with van der Waals surface area (Å²) in [5.41, 5.74) is 2.27. The van der Waals surface area contributed by atoms with Gasteiger partial charge in [-0.2, -0.15) is 0 Å². The maximum absolute atomic E-state index is 10.7. The Morgan fingerprint density at radius 3 is 1.73 bits per heavy atom. The van der Waals surface area contributed by atoms with Gasteiger partial charge in [-0.05, 0) is 80.7 Å². The van der Waals surface area contributed by atoms with Crippen LogP contribution in [0.2, 0.25) is 0 Å². The molecule has 0 radical (unpaired) electrons. The van der Waals surface area contributed by atoms with E-state index >= 15 is 0 Å². The zero-order chi connectivity index (χ0) is 21.3. The Balaban J connectivity index is 1.91. The van der Waals surface area contributed by atoms with Crippen molar-refractivity contribution in [3.63, 3.8) is 0 Å². The van der Waals surface area contributed by atoms with Crippen molar-refractivity contribution in [1.82, 2.24) is 0 Å². The van der Waals surface area contributed by atoms with Crippen LogP contribution >= 0.6 is 0 Å². The predicted molar refractivity (Wildman–Crippen MR) is 121 cm³/mol. The summed E-state index contributed by atoms with van der Waals surface area (Å²) in [6.45, 7) is 0. The second kappa shape index (κ2) is 11.0. The molecule has 0 spiro atoms. The zero-order valence-corrected chi connectivity index (χ0v) is 17.7. The second-order valence-corrected chi connectivity index (χ2v) is 8.39. The van der Waals surface area contributed by atoms with Gasteiger partial charge in [-0.1, -0.05) is 37.8 Å². The number of phenols is 4. The van der Waals surface area contributed by atoms with Gasteiger partial charge in [-0.3, -0.25) is 0 Å². The number of hydrogen-bond donors (Lipinski definition) is 4. The van der Waals surface area contributed by atoms with E-state index in [-0.39, 0.29) is 28.6 Å². The van der Waals surface area contributed by atoms with Crippen molar-refractivity contribution in [2.24, 2.45) is 0 Å². The van der Waals surface area contributed by atoms with E-state index in [2.05, 4.69) is 12.2 Å². The summed E-state index contributed by atoms with van der Waals surface area (Å²) in [4.78, 5) is 0. The van der Waals surface area contributed by atoms with Gasteiger partial charge in [0.05, 0.1) is 5.56 Å². The average Bonchev–Trinajstić information content (AvgIpc) is 2.68. The number of allylic oxidation sites excluding steroid dienone is 2. The molecule has 0 saturated heterocycles. The summed E-state index contributed by atoms with van der Waals surface area (Å²) in [5.74, 6) is -0.216. The van der Waals surface area contributed by atoms with Crippen LogP contribution in [-0.2, 0) is 12.8 Å². The lowest BCUT2D eigenvalue weighted by Gasteiger charge is -2.16. The first kappa shape index (κ1) is 22.1. The largest absolute Gasteiger partial charge is 0.508 e. The number of aromatic hydroxyl groups is 4. The van der Waals surface area contributed by atoms with Crippen molar-refractivity contribution in [3.8, 4) is 34.1 Å². The van der Waals surface area contributed by atoms with Gasteiger partial charge in [-0.25, -0.2) is 0 Å². The van der Waals surface area contributed by atoms with Crippen molar-refractivity contribution in [3.05, 3.63) is 47.5 Å². The Hall–Kier alpha value is -2.62. The molecule has 2 aliphatic rings. The monoisotopic (exact) mass is 410 g/mol. The van der Waals surface area contributed by atoms with Gasteiger partial charge in [-0.15, -0.1) is 0 Å². The minimum Gasteiger partial charge on any atom is -0.508 e. The van der Waals surface area contributed by atoms with E-state index in [0.717, 1.165) is 62.5 Å². The number of hydrogen-bond acceptors (Lipinski definition) is 4. The van der Waals surface area contributed by atoms with Gasteiger partial charge >= 0.3 is 0 Å². The van der Waals surface area contributed by atoms with Crippen molar-refractivity contribution in [2.75, 3.05) is 0 Å². The fourth-order valence-corrected chi connectivity index (χ4v) is 4.34. The standard InChI is InChI=1S/C26H34O4/c27-21-17-20-14-12-10-8-6-4-2-1-3-5-7-9-11-13-19-15-22(28)26(23(29)16-19)25(20)24(30)18-21/h2,4,15-18,27-30H,1,3,5-14H2/b4-2-. The maximum Gasteiger partial charge on any atom is 0.127 e. The first-order valence-electron chi connectivity index (χ1n) is 11.3. The Bertz CT molecular complexity index is 847. The van der Waals surface area contributed by atoms with Crippen molar-refractivity contribution in [1.29, 1.82) is 0 Å². The van der Waals surface area contributed by atoms with Crippen LogP contribution in [0.5, 0.6) is 23.0 Å². The Labute approximate surface area is 179 Å². The number of fused-ring (bicyclic) bond motifs is 14. The lowest BCUT2D eigenvalue weighted by Crippen LogP contribution is -1.95. The van der Waals surface area contributed by atoms with Crippen LogP contribution in [0.15, 0.2) is 36.4 Å². The van der Waals surface area contributed by atoms with E-state index in [9.17, 15) is 20.4 Å². The third kappa shape index (κ3) is 5.94. The molecule has 0 heterocycles. The first-order chi connectivity index (χ1) is 14.6. The molecule has 0 fully saturated rings. The predicted octanol–water partition coefficient (Wildman–Crippen LogP) is 6.73. The van der Waals surface area contributed by atoms with Crippen molar-refractivity contribution in [2.45, 2.75) is 77.0 Å². The third-order valence-corrected chi connectivity index (χ3v) is 5.91. The molecule has 2 aliphatic carbocycles. The molecule has 162 valence electrons. The first-order valence-corrected chi connectivity index (χ1v) is 11.3. The molecule has 2 bridgehead atoms. The molecule has 4 N–H and O–H groups in total. The van der Waals surface area contributed by atoms with E-state index < -0.39 is 0 Å². The lowest BCUT2D eigenvalue weighted by molar-refractivity contribution is 0.441. The molecule has 2 aromatic rings. The van der Waals surface area contributed by atoms with Gasteiger partial charge in [0, 0.05) is 11.6 Å². The number of aryl methyl sites for hydroxylation is 2. The summed E-state index contributed by atoms with van der Waals surface area (Å²) in [6, 6.07) is 6.26. The highest BCUT2D eigenvalue weighted by Crippen LogP contribution is 2.46. The normalized spacial score (nSPS) is 17.9. The number of rotatable bonds is 0. The topological polar surface area (TPSA) is 80.9 Å². The lowest BCUT2D eigenvalue weighted by atomic mass is 9.91. The summed E-state index contributed by atoms with van der Waals surface area (Å²) in [7, 11) is 0. The smallest absolute Gasteiger partial charge is 0.127 e. The molecule has 0 aliphatic heterocycles. The third-order valence-electron chi connectivity index (χ3n) is 5.91. The summed E-state index contributed by atoms with van der Waals surface area (Å²) >= 11 is 0. The molecular weight excluding hydrogens is 376 g/mol. The van der Waals surface area contributed by atoms with Gasteiger partial charge in [0.15, 0.2) is 0 Å². The fraction of sp³-hybridized carbons (Fsp3) is 0.462. The maximum atomic E-state index is 10.7. The van der Waals surface area contributed by atoms with Crippen LogP contribution in [0.3, 0.4) is 0 Å². The van der Waals surface area contributed by atoms with Gasteiger partial charge in [0.1, 0.15) is 23.0 Å². The molecule has 30 heavy (non-hydrogen) atoms. The van der Waals surface area contributed by atoms with Crippen LogP contribution in [-0.4, -0.2) is 20.4 Å². The van der Waals surface area contributed by atoms with Crippen LogP contribution < -0.4 is 0 Å². The number of phenolic OH excluding ortho intramolecular Hbond substituents is 4. The highest BCUT2D eigenvalue weighted by molar-refractivity contribution is 5.84. The SMILES string of the molecule is Oc1cc(O)c2c(c1)CCCCC/C=C\CCCCCCCc1cc(O)c-2c(O)c1. The molecule has 4 rings (SSSR count). The summed E-state index contributed by atoms with van der Waals surface area (Å²) < 4.78 is 0. The molecule has 0 aromatic heterocycles. The van der Waals surface area contributed by atoms with Crippen LogP contribution in [0.25, 0.3) is 11.1 Å². The molecule has 0 atom stereocenters. The van der Waals surface area contributed by atoms with E-state index in [1.54, 1.807) is 18.2 Å². The average molecular weight is 411 g/mol. The molecule has 4 nitrogen and oxygen atoms in total. The zero-order valence-electron chi connectivity index (χ0n) is 17.7. The van der Waals surface area contributed by atoms with E-state index in [1.807, 2.05) is 0 Å². The minimum absolute atomic E-state index is 0.0146. The van der Waals surface area contributed by atoms with E-state index in [4.69, 9.17) is 0 Å². The van der Waals surface area contributed by atoms with Crippen molar-refractivity contribution >= 4 is 0 Å². The second-order valence-electron chi connectivity index (χ2n) is 8.39. The Morgan fingerprint density at radius 2 is 1.03 bits per heavy atom. The Morgan fingerprint density at radius 1 is 0.500 bits per heavy atom. The number of benzene rings is 2. The molecule has 0 saturated carbocycles. The molecule has 4 heteroatoms. The minimum atomic E-state index is -0.131. The van der Waals surface area contributed by atoms with Gasteiger partial charge < -0.3 is 20.4 Å². The van der Waals surface area contributed by atoms with Crippen LogP contribution in [0.4, 0.5) is 0 Å². The van der Waals surface area contributed by atoms with Crippen LogP contribution in [0, 0.1) is 0 Å². The highest BCUT2D eigenvalue weighted by Gasteiger charge is 2.20. The van der Waals surface area contributed by atoms with Crippen molar-refractivity contribution < 1.29 is 20.4 Å². The van der Waals surface area contributed by atoms with Gasteiger partial charge in [0.2, 0.25) is 0 Å².